The summed E-state index contributed by atoms with van der Waals surface area (Å²) >= 11 is 12.5. The van der Waals surface area contributed by atoms with Crippen molar-refractivity contribution in [2.75, 3.05) is 26.0 Å². The van der Waals surface area contributed by atoms with Gasteiger partial charge in [-0.1, -0.05) is 47.5 Å². The average molecular weight is 309 g/mol. The Labute approximate surface area is 130 Å². The molecule has 0 heterocycles. The lowest BCUT2D eigenvalue weighted by molar-refractivity contribution is 0.692. The minimum absolute atomic E-state index is 0.0149. The molecule has 2 nitrogen and oxygen atoms in total. The first kappa shape index (κ1) is 15.2. The van der Waals surface area contributed by atoms with Gasteiger partial charge in [0, 0.05) is 19.8 Å². The van der Waals surface area contributed by atoms with Crippen molar-refractivity contribution in [2.24, 2.45) is 0 Å². The maximum atomic E-state index is 6.34. The van der Waals surface area contributed by atoms with Crippen molar-refractivity contribution < 1.29 is 0 Å². The van der Waals surface area contributed by atoms with Crippen LogP contribution in [0.5, 0.6) is 0 Å². The standard InChI is InChI=1S/C16H18Cl2N2/c1-19-16(13-8-5-9-14(17)15(13)18)11-6-4-7-12(10-11)20(2)3/h4-10,16,19H,1-3H3. The molecule has 0 spiro atoms. The van der Waals surface area contributed by atoms with Crippen LogP contribution in [0.4, 0.5) is 5.69 Å². The lowest BCUT2D eigenvalue weighted by atomic mass is 9.98. The fourth-order valence-electron chi connectivity index (χ4n) is 2.23. The molecule has 0 saturated carbocycles. The van der Waals surface area contributed by atoms with Crippen LogP contribution in [0.1, 0.15) is 17.2 Å². The summed E-state index contributed by atoms with van der Waals surface area (Å²) in [7, 11) is 5.98. The van der Waals surface area contributed by atoms with Crippen molar-refractivity contribution in [3.05, 3.63) is 63.6 Å². The van der Waals surface area contributed by atoms with Gasteiger partial charge in [-0.15, -0.1) is 0 Å². The van der Waals surface area contributed by atoms with Crippen LogP contribution in [0, 0.1) is 0 Å². The third-order valence-corrected chi connectivity index (χ3v) is 4.13. The molecular weight excluding hydrogens is 291 g/mol. The highest BCUT2D eigenvalue weighted by Gasteiger charge is 2.17. The van der Waals surface area contributed by atoms with Crippen LogP contribution in [-0.4, -0.2) is 21.1 Å². The van der Waals surface area contributed by atoms with Gasteiger partial charge in [-0.25, -0.2) is 0 Å². The van der Waals surface area contributed by atoms with Gasteiger partial charge in [-0.05, 0) is 36.4 Å². The first-order valence-electron chi connectivity index (χ1n) is 6.43. The minimum atomic E-state index is 0.0149. The summed E-state index contributed by atoms with van der Waals surface area (Å²) in [5, 5.41) is 4.48. The fraction of sp³-hybridized carbons (Fsp3) is 0.250. The van der Waals surface area contributed by atoms with Gasteiger partial charge in [0.1, 0.15) is 0 Å². The van der Waals surface area contributed by atoms with Gasteiger partial charge in [0.15, 0.2) is 0 Å². The predicted octanol–water partition coefficient (Wildman–Crippen LogP) is 4.37. The molecule has 0 aliphatic carbocycles. The van der Waals surface area contributed by atoms with E-state index in [1.165, 1.54) is 0 Å². The predicted molar refractivity (Wildman–Crippen MR) is 88.1 cm³/mol. The SMILES string of the molecule is CNC(c1cccc(N(C)C)c1)c1cccc(Cl)c1Cl. The lowest BCUT2D eigenvalue weighted by Gasteiger charge is -2.21. The molecule has 4 heteroatoms. The van der Waals surface area contributed by atoms with E-state index in [1.807, 2.05) is 39.3 Å². The van der Waals surface area contributed by atoms with Gasteiger partial charge >= 0.3 is 0 Å². The van der Waals surface area contributed by atoms with E-state index in [0.29, 0.717) is 10.0 Å². The molecule has 0 amide bonds. The highest BCUT2D eigenvalue weighted by Crippen LogP contribution is 2.33. The molecule has 0 saturated heterocycles. The van der Waals surface area contributed by atoms with Crippen LogP contribution >= 0.6 is 23.2 Å². The van der Waals surface area contributed by atoms with Crippen molar-refractivity contribution in [1.82, 2.24) is 5.32 Å². The van der Waals surface area contributed by atoms with Gasteiger partial charge < -0.3 is 10.2 Å². The quantitative estimate of drug-likeness (QED) is 0.902. The summed E-state index contributed by atoms with van der Waals surface area (Å²) in [6, 6.07) is 14.1. The van der Waals surface area contributed by atoms with Crippen molar-refractivity contribution in [3.63, 3.8) is 0 Å². The molecule has 1 unspecified atom stereocenters. The molecule has 1 N–H and O–H groups in total. The molecule has 0 radical (unpaired) electrons. The number of nitrogens with one attached hydrogen (secondary N) is 1. The Bertz CT molecular complexity index is 597. The molecule has 0 fully saturated rings. The zero-order valence-corrected chi connectivity index (χ0v) is 13.3. The first-order valence-corrected chi connectivity index (χ1v) is 7.18. The maximum absolute atomic E-state index is 6.34. The Morgan fingerprint density at radius 3 is 2.40 bits per heavy atom. The van der Waals surface area contributed by atoms with Crippen molar-refractivity contribution in [2.45, 2.75) is 6.04 Å². The molecule has 0 bridgehead atoms. The van der Waals surface area contributed by atoms with Crippen molar-refractivity contribution in [1.29, 1.82) is 0 Å². The zero-order valence-electron chi connectivity index (χ0n) is 11.8. The summed E-state index contributed by atoms with van der Waals surface area (Å²) in [6.45, 7) is 0. The normalized spacial score (nSPS) is 12.2. The van der Waals surface area contributed by atoms with Gasteiger partial charge in [0.2, 0.25) is 0 Å². The highest BCUT2D eigenvalue weighted by molar-refractivity contribution is 6.42. The Morgan fingerprint density at radius 2 is 1.75 bits per heavy atom. The van der Waals surface area contributed by atoms with E-state index < -0.39 is 0 Å². The molecule has 106 valence electrons. The highest BCUT2D eigenvalue weighted by atomic mass is 35.5. The Hall–Kier alpha value is -1.22. The summed E-state index contributed by atoms with van der Waals surface area (Å²) < 4.78 is 0. The molecule has 1 atom stereocenters. The van der Waals surface area contributed by atoms with Crippen LogP contribution in [0.2, 0.25) is 10.0 Å². The van der Waals surface area contributed by atoms with Crippen molar-refractivity contribution >= 4 is 28.9 Å². The van der Waals surface area contributed by atoms with E-state index in [0.717, 1.165) is 16.8 Å². The second-order valence-electron chi connectivity index (χ2n) is 4.85. The number of halogens is 2. The molecule has 20 heavy (non-hydrogen) atoms. The van der Waals surface area contributed by atoms with E-state index in [1.54, 1.807) is 6.07 Å². The summed E-state index contributed by atoms with van der Waals surface area (Å²) in [6.07, 6.45) is 0. The molecular formula is C16H18Cl2N2. The Kier molecular flexibility index (Phi) is 4.92. The maximum Gasteiger partial charge on any atom is 0.0643 e. The minimum Gasteiger partial charge on any atom is -0.378 e. The molecule has 2 aromatic carbocycles. The fourth-order valence-corrected chi connectivity index (χ4v) is 2.64. The van der Waals surface area contributed by atoms with Crippen LogP contribution in [0.15, 0.2) is 42.5 Å². The monoisotopic (exact) mass is 308 g/mol. The number of hydrogen-bond acceptors (Lipinski definition) is 2. The Morgan fingerprint density at radius 1 is 1.05 bits per heavy atom. The first-order chi connectivity index (χ1) is 9.54. The topological polar surface area (TPSA) is 15.3 Å². The van der Waals surface area contributed by atoms with E-state index in [-0.39, 0.29) is 6.04 Å². The third-order valence-electron chi connectivity index (χ3n) is 3.30. The molecule has 0 aliphatic rings. The number of benzene rings is 2. The Balaban J connectivity index is 2.47. The van der Waals surface area contributed by atoms with E-state index >= 15 is 0 Å². The lowest BCUT2D eigenvalue weighted by Crippen LogP contribution is -2.19. The molecule has 2 rings (SSSR count). The van der Waals surface area contributed by atoms with Crippen LogP contribution in [-0.2, 0) is 0 Å². The number of anilines is 1. The second-order valence-corrected chi connectivity index (χ2v) is 5.64. The third kappa shape index (κ3) is 3.09. The number of nitrogens with zero attached hydrogens (tertiary/aromatic N) is 1. The van der Waals surface area contributed by atoms with Gasteiger partial charge in [-0.3, -0.25) is 0 Å². The molecule has 0 aliphatic heterocycles. The molecule has 2 aromatic rings. The summed E-state index contributed by atoms with van der Waals surface area (Å²) in [5.74, 6) is 0. The van der Waals surface area contributed by atoms with Crippen LogP contribution < -0.4 is 10.2 Å². The van der Waals surface area contributed by atoms with Gasteiger partial charge in [0.25, 0.3) is 0 Å². The van der Waals surface area contributed by atoms with Gasteiger partial charge in [-0.2, -0.15) is 0 Å². The zero-order chi connectivity index (χ0) is 14.7. The molecule has 0 aromatic heterocycles. The van der Waals surface area contributed by atoms with Crippen molar-refractivity contribution in [3.8, 4) is 0 Å². The second kappa shape index (κ2) is 6.49. The average Bonchev–Trinajstić information content (AvgIpc) is 2.44. The number of rotatable bonds is 4. The van der Waals surface area contributed by atoms with Crippen LogP contribution in [0.25, 0.3) is 0 Å². The summed E-state index contributed by atoms with van der Waals surface area (Å²) in [5.41, 5.74) is 3.29. The van der Waals surface area contributed by atoms with E-state index in [4.69, 9.17) is 23.2 Å². The summed E-state index contributed by atoms with van der Waals surface area (Å²) in [4.78, 5) is 2.08. The van der Waals surface area contributed by atoms with Crippen LogP contribution in [0.3, 0.4) is 0 Å². The largest absolute Gasteiger partial charge is 0.378 e. The van der Waals surface area contributed by atoms with E-state index in [9.17, 15) is 0 Å². The van der Waals surface area contributed by atoms with Gasteiger partial charge in [0.05, 0.1) is 16.1 Å². The van der Waals surface area contributed by atoms with E-state index in [2.05, 4.69) is 28.4 Å². The number of hydrogen-bond donors (Lipinski definition) is 1. The smallest absolute Gasteiger partial charge is 0.0643 e.